The molecular formula is C16H21F3N2O2. The van der Waals surface area contributed by atoms with Gasteiger partial charge in [0.2, 0.25) is 0 Å². The predicted octanol–water partition coefficient (Wildman–Crippen LogP) is 4.17. The van der Waals surface area contributed by atoms with Crippen LogP contribution in [0.25, 0.3) is 0 Å². The number of ether oxygens (including phenoxy) is 1. The van der Waals surface area contributed by atoms with E-state index in [-0.39, 0.29) is 17.8 Å². The van der Waals surface area contributed by atoms with Gasteiger partial charge >= 0.3 is 12.3 Å². The summed E-state index contributed by atoms with van der Waals surface area (Å²) in [6.07, 6.45) is -3.77. The van der Waals surface area contributed by atoms with Gasteiger partial charge < -0.3 is 15.4 Å². The van der Waals surface area contributed by atoms with Crippen LogP contribution < -0.4 is 10.6 Å². The molecule has 0 saturated heterocycles. The molecule has 0 atom stereocenters. The van der Waals surface area contributed by atoms with Crippen LogP contribution >= 0.6 is 0 Å². The molecule has 23 heavy (non-hydrogen) atoms. The van der Waals surface area contributed by atoms with Crippen LogP contribution in [0.5, 0.6) is 0 Å². The molecule has 1 aromatic carbocycles. The van der Waals surface area contributed by atoms with Gasteiger partial charge in [-0.15, -0.1) is 0 Å². The molecule has 7 heteroatoms. The molecule has 1 aliphatic carbocycles. The van der Waals surface area contributed by atoms with Crippen LogP contribution in [0.15, 0.2) is 24.3 Å². The van der Waals surface area contributed by atoms with Crippen LogP contribution in [0.4, 0.5) is 23.7 Å². The highest BCUT2D eigenvalue weighted by Gasteiger charge is 2.36. The van der Waals surface area contributed by atoms with Crippen LogP contribution in [0.2, 0.25) is 0 Å². The molecule has 0 radical (unpaired) electrons. The molecule has 1 saturated carbocycles. The molecule has 0 aromatic heterocycles. The second-order valence-corrected chi connectivity index (χ2v) is 6.70. The van der Waals surface area contributed by atoms with E-state index in [0.29, 0.717) is 12.8 Å². The van der Waals surface area contributed by atoms with Crippen molar-refractivity contribution in [1.29, 1.82) is 0 Å². The van der Waals surface area contributed by atoms with Gasteiger partial charge in [0, 0.05) is 17.8 Å². The summed E-state index contributed by atoms with van der Waals surface area (Å²) < 4.78 is 43.9. The van der Waals surface area contributed by atoms with Gasteiger partial charge in [-0.1, -0.05) is 12.1 Å². The largest absolute Gasteiger partial charge is 0.444 e. The summed E-state index contributed by atoms with van der Waals surface area (Å²) in [5.41, 5.74) is -1.18. The highest BCUT2D eigenvalue weighted by Crippen LogP contribution is 2.36. The Balaban J connectivity index is 1.84. The van der Waals surface area contributed by atoms with Gasteiger partial charge in [0.05, 0.1) is 5.56 Å². The number of para-hydroxylation sites is 1. The Bertz CT molecular complexity index is 561. The number of hydrogen-bond acceptors (Lipinski definition) is 3. The molecule has 1 amide bonds. The van der Waals surface area contributed by atoms with Crippen molar-refractivity contribution in [2.75, 3.05) is 5.32 Å². The van der Waals surface area contributed by atoms with E-state index >= 15 is 0 Å². The lowest BCUT2D eigenvalue weighted by molar-refractivity contribution is -0.137. The smallest absolute Gasteiger partial charge is 0.418 e. The SMILES string of the molecule is CC(C)(C)OC(=O)NC1CC(Nc2ccccc2C(F)(F)F)C1. The summed E-state index contributed by atoms with van der Waals surface area (Å²) in [5, 5.41) is 5.60. The number of carbonyl (C=O) groups excluding carboxylic acids is 1. The number of nitrogens with one attached hydrogen (secondary N) is 2. The minimum absolute atomic E-state index is 0.0701. The van der Waals surface area contributed by atoms with Crippen molar-refractivity contribution in [2.24, 2.45) is 0 Å². The molecule has 1 fully saturated rings. The van der Waals surface area contributed by atoms with Gasteiger partial charge in [-0.3, -0.25) is 0 Å². The fourth-order valence-electron chi connectivity index (χ4n) is 2.40. The first kappa shape index (κ1) is 17.4. The van der Waals surface area contributed by atoms with Gasteiger partial charge in [0.25, 0.3) is 0 Å². The third-order valence-corrected chi connectivity index (χ3v) is 3.45. The maximum absolute atomic E-state index is 12.9. The first-order valence-corrected chi connectivity index (χ1v) is 7.47. The van der Waals surface area contributed by atoms with E-state index in [0.717, 1.165) is 6.07 Å². The Kier molecular flexibility index (Phi) is 4.77. The van der Waals surface area contributed by atoms with Gasteiger partial charge in [0.1, 0.15) is 5.60 Å². The summed E-state index contributed by atoms with van der Waals surface area (Å²) in [5.74, 6) is 0. The molecule has 0 aliphatic heterocycles. The van der Waals surface area contributed by atoms with E-state index in [1.807, 2.05) is 0 Å². The molecule has 4 nitrogen and oxygen atoms in total. The summed E-state index contributed by atoms with van der Waals surface area (Å²) in [4.78, 5) is 11.6. The van der Waals surface area contributed by atoms with E-state index in [4.69, 9.17) is 4.74 Å². The second-order valence-electron chi connectivity index (χ2n) is 6.70. The van der Waals surface area contributed by atoms with Crippen molar-refractivity contribution in [3.05, 3.63) is 29.8 Å². The van der Waals surface area contributed by atoms with E-state index in [1.54, 1.807) is 26.8 Å². The van der Waals surface area contributed by atoms with Crippen molar-refractivity contribution in [2.45, 2.75) is 57.5 Å². The van der Waals surface area contributed by atoms with Gasteiger partial charge in [-0.25, -0.2) is 4.79 Å². The summed E-state index contributed by atoms with van der Waals surface area (Å²) >= 11 is 0. The number of anilines is 1. The van der Waals surface area contributed by atoms with E-state index < -0.39 is 23.4 Å². The molecule has 2 N–H and O–H groups in total. The first-order chi connectivity index (χ1) is 10.5. The Morgan fingerprint density at radius 3 is 2.30 bits per heavy atom. The number of amides is 1. The van der Waals surface area contributed by atoms with Crippen LogP contribution in [0.1, 0.15) is 39.2 Å². The quantitative estimate of drug-likeness (QED) is 0.874. The number of alkyl halides is 3. The number of rotatable bonds is 3. The van der Waals surface area contributed by atoms with E-state index in [9.17, 15) is 18.0 Å². The zero-order chi connectivity index (χ0) is 17.3. The molecule has 1 aromatic rings. The number of halogens is 3. The molecule has 0 spiro atoms. The number of alkyl carbamates (subject to hydrolysis) is 1. The second kappa shape index (κ2) is 6.29. The van der Waals surface area contributed by atoms with Crippen LogP contribution in [0.3, 0.4) is 0 Å². The molecular weight excluding hydrogens is 309 g/mol. The van der Waals surface area contributed by atoms with Crippen molar-refractivity contribution in [1.82, 2.24) is 5.32 Å². The van der Waals surface area contributed by atoms with E-state index in [1.165, 1.54) is 12.1 Å². The third kappa shape index (κ3) is 5.04. The molecule has 128 valence electrons. The minimum Gasteiger partial charge on any atom is -0.444 e. The molecule has 0 bridgehead atoms. The minimum atomic E-state index is -4.39. The fraction of sp³-hybridized carbons (Fsp3) is 0.562. The Morgan fingerprint density at radius 1 is 1.13 bits per heavy atom. The number of benzene rings is 1. The van der Waals surface area contributed by atoms with Crippen LogP contribution in [-0.4, -0.2) is 23.8 Å². The third-order valence-electron chi connectivity index (χ3n) is 3.45. The van der Waals surface area contributed by atoms with Crippen molar-refractivity contribution in [3.63, 3.8) is 0 Å². The summed E-state index contributed by atoms with van der Waals surface area (Å²) in [7, 11) is 0. The lowest BCUT2D eigenvalue weighted by Gasteiger charge is -2.37. The Morgan fingerprint density at radius 2 is 1.74 bits per heavy atom. The normalized spacial score (nSPS) is 21.3. The van der Waals surface area contributed by atoms with Crippen molar-refractivity contribution < 1.29 is 22.7 Å². The molecule has 1 aliphatic rings. The van der Waals surface area contributed by atoms with Crippen LogP contribution in [-0.2, 0) is 10.9 Å². The lowest BCUT2D eigenvalue weighted by atomic mass is 9.86. The molecule has 0 unspecified atom stereocenters. The van der Waals surface area contributed by atoms with Gasteiger partial charge in [-0.2, -0.15) is 13.2 Å². The highest BCUT2D eigenvalue weighted by molar-refractivity contribution is 5.68. The van der Waals surface area contributed by atoms with Gasteiger partial charge in [-0.05, 0) is 45.7 Å². The molecule has 0 heterocycles. The monoisotopic (exact) mass is 330 g/mol. The average Bonchev–Trinajstić information content (AvgIpc) is 2.33. The standard InChI is InChI=1S/C16H21F3N2O2/c1-15(2,3)23-14(22)21-11-8-10(9-11)20-13-7-5-4-6-12(13)16(17,18)19/h4-7,10-11,20H,8-9H2,1-3H3,(H,21,22). The zero-order valence-electron chi connectivity index (χ0n) is 13.3. The average molecular weight is 330 g/mol. The molecule has 2 rings (SSSR count). The van der Waals surface area contributed by atoms with Crippen LogP contribution in [0, 0.1) is 0 Å². The lowest BCUT2D eigenvalue weighted by Crippen LogP contribution is -2.50. The Labute approximate surface area is 133 Å². The topological polar surface area (TPSA) is 50.4 Å². The Hall–Kier alpha value is -1.92. The first-order valence-electron chi connectivity index (χ1n) is 7.47. The van der Waals surface area contributed by atoms with E-state index in [2.05, 4.69) is 10.6 Å². The fourth-order valence-corrected chi connectivity index (χ4v) is 2.40. The van der Waals surface area contributed by atoms with Gasteiger partial charge in [0.15, 0.2) is 0 Å². The highest BCUT2D eigenvalue weighted by atomic mass is 19.4. The maximum Gasteiger partial charge on any atom is 0.418 e. The zero-order valence-corrected chi connectivity index (χ0v) is 13.3. The summed E-state index contributed by atoms with van der Waals surface area (Å²) in [6.45, 7) is 5.31. The summed E-state index contributed by atoms with van der Waals surface area (Å²) in [6, 6.07) is 5.21. The number of carbonyl (C=O) groups is 1. The van der Waals surface area contributed by atoms with Crippen molar-refractivity contribution >= 4 is 11.8 Å². The predicted molar refractivity (Wildman–Crippen MR) is 81.2 cm³/mol. The number of hydrogen-bond donors (Lipinski definition) is 2. The van der Waals surface area contributed by atoms with Crippen molar-refractivity contribution in [3.8, 4) is 0 Å². The maximum atomic E-state index is 12.9.